The summed E-state index contributed by atoms with van der Waals surface area (Å²) >= 11 is 0. The molecule has 1 heterocycles. The van der Waals surface area contributed by atoms with Crippen molar-refractivity contribution in [2.24, 2.45) is 0 Å². The molecule has 0 amide bonds. The smallest absolute Gasteiger partial charge is 0.101 e. The van der Waals surface area contributed by atoms with E-state index >= 15 is 0 Å². The van der Waals surface area contributed by atoms with E-state index in [1.54, 1.807) is 0 Å². The molecule has 2 heteroatoms. The van der Waals surface area contributed by atoms with E-state index in [2.05, 4.69) is 43.0 Å². The standard InChI is InChI=1S/C36H72N2/c1-4-7-10-13-15-17-19-20-22-24-27-30-33-38-35-34-37(36(38)31-28-25-12-9-6-3)32-29-26-23-21-18-16-14-11-8-5-2/h34-36H,4-33H2,1-3H3. The van der Waals surface area contributed by atoms with E-state index < -0.39 is 0 Å². The molecule has 1 aliphatic heterocycles. The highest BCUT2D eigenvalue weighted by Crippen LogP contribution is 2.24. The Morgan fingerprint density at radius 1 is 0.342 bits per heavy atom. The van der Waals surface area contributed by atoms with Crippen LogP contribution in [0.4, 0.5) is 0 Å². The molecule has 1 rings (SSSR count). The Morgan fingerprint density at radius 3 is 0.921 bits per heavy atom. The quantitative estimate of drug-likeness (QED) is 0.0848. The van der Waals surface area contributed by atoms with E-state index in [-0.39, 0.29) is 0 Å². The fraction of sp³-hybridized carbons (Fsp3) is 0.944. The van der Waals surface area contributed by atoms with Crippen molar-refractivity contribution in [2.45, 2.75) is 207 Å². The second kappa shape index (κ2) is 27.9. The number of hydrogen-bond donors (Lipinski definition) is 0. The summed E-state index contributed by atoms with van der Waals surface area (Å²) in [6.45, 7) is 9.48. The van der Waals surface area contributed by atoms with Gasteiger partial charge in [-0.1, -0.05) is 175 Å². The van der Waals surface area contributed by atoms with Crippen LogP contribution in [0.25, 0.3) is 0 Å². The van der Waals surface area contributed by atoms with Gasteiger partial charge in [0.05, 0.1) is 0 Å². The minimum Gasteiger partial charge on any atom is -0.356 e. The number of hydrogen-bond acceptors (Lipinski definition) is 2. The molecule has 0 aromatic carbocycles. The summed E-state index contributed by atoms with van der Waals surface area (Å²) in [6.07, 6.45) is 45.5. The first-order valence-electron chi connectivity index (χ1n) is 18.0. The summed E-state index contributed by atoms with van der Waals surface area (Å²) in [4.78, 5) is 5.40. The molecule has 0 bridgehead atoms. The van der Waals surface area contributed by atoms with Gasteiger partial charge in [-0.05, 0) is 25.7 Å². The summed E-state index contributed by atoms with van der Waals surface area (Å²) in [5.41, 5.74) is 0. The van der Waals surface area contributed by atoms with Crippen LogP contribution in [-0.2, 0) is 0 Å². The monoisotopic (exact) mass is 533 g/mol. The largest absolute Gasteiger partial charge is 0.356 e. The first kappa shape index (κ1) is 35.4. The van der Waals surface area contributed by atoms with Crippen molar-refractivity contribution >= 4 is 0 Å². The first-order chi connectivity index (χ1) is 18.8. The first-order valence-corrected chi connectivity index (χ1v) is 18.0. The molecule has 0 fully saturated rings. The van der Waals surface area contributed by atoms with Gasteiger partial charge in [0.15, 0.2) is 0 Å². The SMILES string of the molecule is CCCCCCCCCCCCCCN1C=CN(CCCCCCCCCCCC)C1CCCCCCC. The fourth-order valence-electron chi connectivity index (χ4n) is 6.19. The molecule has 0 spiro atoms. The summed E-state index contributed by atoms with van der Waals surface area (Å²) < 4.78 is 0. The average Bonchev–Trinajstić information content (AvgIpc) is 3.31. The number of unbranched alkanes of at least 4 members (excludes halogenated alkanes) is 24. The molecule has 226 valence electrons. The molecule has 0 saturated carbocycles. The van der Waals surface area contributed by atoms with Crippen LogP contribution < -0.4 is 0 Å². The van der Waals surface area contributed by atoms with Gasteiger partial charge in [0.2, 0.25) is 0 Å². The van der Waals surface area contributed by atoms with Gasteiger partial charge in [-0.2, -0.15) is 0 Å². The van der Waals surface area contributed by atoms with E-state index in [4.69, 9.17) is 0 Å². The van der Waals surface area contributed by atoms with Gasteiger partial charge >= 0.3 is 0 Å². The third-order valence-electron chi connectivity index (χ3n) is 8.82. The zero-order chi connectivity index (χ0) is 27.4. The normalized spacial score (nSPS) is 15.3. The summed E-state index contributed by atoms with van der Waals surface area (Å²) in [6, 6.07) is 0. The minimum atomic E-state index is 0.642. The van der Waals surface area contributed by atoms with Crippen molar-refractivity contribution < 1.29 is 0 Å². The van der Waals surface area contributed by atoms with Crippen molar-refractivity contribution in [2.75, 3.05) is 13.1 Å². The second-order valence-corrected chi connectivity index (χ2v) is 12.5. The summed E-state index contributed by atoms with van der Waals surface area (Å²) in [5.74, 6) is 0. The minimum absolute atomic E-state index is 0.642. The predicted molar refractivity (Wildman–Crippen MR) is 173 cm³/mol. The van der Waals surface area contributed by atoms with Gasteiger partial charge in [-0.3, -0.25) is 0 Å². The van der Waals surface area contributed by atoms with Crippen LogP contribution in [0.5, 0.6) is 0 Å². The fourth-order valence-corrected chi connectivity index (χ4v) is 6.19. The lowest BCUT2D eigenvalue weighted by molar-refractivity contribution is 0.135. The highest BCUT2D eigenvalue weighted by molar-refractivity contribution is 4.97. The third kappa shape index (κ3) is 20.3. The Labute approximate surface area is 241 Å². The molecule has 0 aliphatic carbocycles. The van der Waals surface area contributed by atoms with Crippen molar-refractivity contribution in [1.82, 2.24) is 9.80 Å². The highest BCUT2D eigenvalue weighted by atomic mass is 15.4. The van der Waals surface area contributed by atoms with Crippen molar-refractivity contribution in [1.29, 1.82) is 0 Å². The molecule has 1 atom stereocenters. The highest BCUT2D eigenvalue weighted by Gasteiger charge is 2.24. The molecular weight excluding hydrogens is 460 g/mol. The molecule has 0 saturated heterocycles. The van der Waals surface area contributed by atoms with Crippen molar-refractivity contribution in [3.63, 3.8) is 0 Å². The molecule has 0 aromatic rings. The van der Waals surface area contributed by atoms with E-state index in [9.17, 15) is 0 Å². The number of nitrogens with zero attached hydrogens (tertiary/aromatic N) is 2. The van der Waals surface area contributed by atoms with Crippen molar-refractivity contribution in [3.05, 3.63) is 12.4 Å². The Bertz CT molecular complexity index is 488. The zero-order valence-corrected chi connectivity index (χ0v) is 26.8. The Hall–Kier alpha value is -0.660. The van der Waals surface area contributed by atoms with Gasteiger partial charge < -0.3 is 9.80 Å². The summed E-state index contributed by atoms with van der Waals surface area (Å²) in [7, 11) is 0. The van der Waals surface area contributed by atoms with Gasteiger partial charge in [0.1, 0.15) is 6.17 Å². The van der Waals surface area contributed by atoms with Gasteiger partial charge in [-0.25, -0.2) is 0 Å². The second-order valence-electron chi connectivity index (χ2n) is 12.5. The third-order valence-corrected chi connectivity index (χ3v) is 8.82. The molecule has 1 aliphatic rings. The lowest BCUT2D eigenvalue weighted by Gasteiger charge is -2.33. The van der Waals surface area contributed by atoms with E-state index in [1.807, 2.05) is 0 Å². The van der Waals surface area contributed by atoms with Gasteiger partial charge in [0, 0.05) is 25.5 Å². The molecule has 38 heavy (non-hydrogen) atoms. The Morgan fingerprint density at radius 2 is 0.605 bits per heavy atom. The molecule has 0 aromatic heterocycles. The van der Waals surface area contributed by atoms with Crippen molar-refractivity contribution in [3.8, 4) is 0 Å². The Kier molecular flexibility index (Phi) is 26.0. The van der Waals surface area contributed by atoms with Gasteiger partial charge in [0.25, 0.3) is 0 Å². The van der Waals surface area contributed by atoms with Crippen LogP contribution in [0, 0.1) is 0 Å². The maximum absolute atomic E-state index is 2.70. The molecule has 1 unspecified atom stereocenters. The van der Waals surface area contributed by atoms with Crippen LogP contribution >= 0.6 is 0 Å². The zero-order valence-electron chi connectivity index (χ0n) is 26.8. The van der Waals surface area contributed by atoms with Crippen LogP contribution in [0.15, 0.2) is 12.4 Å². The molecule has 2 nitrogen and oxygen atoms in total. The lowest BCUT2D eigenvalue weighted by atomic mass is 10.0. The average molecular weight is 533 g/mol. The molecule has 0 radical (unpaired) electrons. The Balaban J connectivity index is 2.17. The molecular formula is C36H72N2. The topological polar surface area (TPSA) is 6.48 Å². The predicted octanol–water partition coefficient (Wildman–Crippen LogP) is 12.4. The molecule has 0 N–H and O–H groups in total. The van der Waals surface area contributed by atoms with Crippen LogP contribution in [0.2, 0.25) is 0 Å². The lowest BCUT2D eigenvalue weighted by Crippen LogP contribution is -2.39. The van der Waals surface area contributed by atoms with Crippen LogP contribution in [-0.4, -0.2) is 29.1 Å². The van der Waals surface area contributed by atoms with E-state index in [1.165, 1.54) is 193 Å². The maximum Gasteiger partial charge on any atom is 0.101 e. The van der Waals surface area contributed by atoms with E-state index in [0.717, 1.165) is 0 Å². The van der Waals surface area contributed by atoms with E-state index in [0.29, 0.717) is 6.17 Å². The summed E-state index contributed by atoms with van der Waals surface area (Å²) in [5, 5.41) is 0. The maximum atomic E-state index is 2.70. The van der Waals surface area contributed by atoms with Crippen LogP contribution in [0.1, 0.15) is 201 Å². The number of rotatable bonds is 30. The van der Waals surface area contributed by atoms with Gasteiger partial charge in [-0.15, -0.1) is 0 Å². The van der Waals surface area contributed by atoms with Crippen LogP contribution in [0.3, 0.4) is 0 Å².